The molecule has 2 aromatic rings. The fourth-order valence-corrected chi connectivity index (χ4v) is 4.83. The third kappa shape index (κ3) is 3.23. The van der Waals surface area contributed by atoms with Crippen molar-refractivity contribution in [3.63, 3.8) is 0 Å². The summed E-state index contributed by atoms with van der Waals surface area (Å²) in [6, 6.07) is 4.18. The number of hydrogen-bond acceptors (Lipinski definition) is 4. The average molecular weight is 449 g/mol. The molecule has 0 amide bonds. The summed E-state index contributed by atoms with van der Waals surface area (Å²) in [6.07, 6.45) is -3.42. The molecule has 3 rings (SSSR count). The lowest BCUT2D eigenvalue weighted by molar-refractivity contribution is -0.137. The number of rotatable bonds is 2. The zero-order valence-electron chi connectivity index (χ0n) is 13.3. The maximum atomic E-state index is 13.1. The Balaban J connectivity index is 2.18. The van der Waals surface area contributed by atoms with E-state index in [1.807, 2.05) is 0 Å². The van der Waals surface area contributed by atoms with Crippen LogP contribution in [0.3, 0.4) is 0 Å². The third-order valence-electron chi connectivity index (χ3n) is 3.94. The summed E-state index contributed by atoms with van der Waals surface area (Å²) in [5.74, 6) is -0.324. The molecule has 0 spiro atoms. The van der Waals surface area contributed by atoms with Crippen molar-refractivity contribution < 1.29 is 26.4 Å². The lowest BCUT2D eigenvalue weighted by Gasteiger charge is -2.34. The van der Waals surface area contributed by atoms with E-state index < -0.39 is 32.7 Å². The number of Topliss-reactive ketones (excluding diaryl/α,β-unsaturated/α-hetero) is 1. The van der Waals surface area contributed by atoms with E-state index >= 15 is 0 Å². The van der Waals surface area contributed by atoms with Crippen LogP contribution in [0.1, 0.15) is 29.4 Å². The van der Waals surface area contributed by atoms with Gasteiger partial charge in [0, 0.05) is 17.1 Å². The number of alkyl halides is 3. The Morgan fingerprint density at radius 3 is 2.62 bits per heavy atom. The highest BCUT2D eigenvalue weighted by Crippen LogP contribution is 2.37. The number of halogens is 4. The van der Waals surface area contributed by atoms with Crippen molar-refractivity contribution in [2.45, 2.75) is 30.5 Å². The SMILES string of the molecule is CC1CC(=O)c2ncc(Br)cc2N1S(=O)(=O)c1cccc(C(F)(F)F)c1. The molecule has 0 saturated heterocycles. The Bertz CT molecular complexity index is 992. The Kier molecular flexibility index (Phi) is 4.60. The number of pyridine rings is 1. The molecule has 2 heterocycles. The average Bonchev–Trinajstić information content (AvgIpc) is 2.53. The van der Waals surface area contributed by atoms with Gasteiger partial charge in [-0.25, -0.2) is 13.4 Å². The van der Waals surface area contributed by atoms with E-state index in [0.717, 1.165) is 22.5 Å². The number of hydrogen-bond donors (Lipinski definition) is 0. The molecule has 138 valence electrons. The van der Waals surface area contributed by atoms with E-state index in [4.69, 9.17) is 0 Å². The van der Waals surface area contributed by atoms with E-state index in [2.05, 4.69) is 20.9 Å². The fraction of sp³-hybridized carbons (Fsp3) is 0.250. The number of benzene rings is 1. The maximum Gasteiger partial charge on any atom is 0.416 e. The minimum Gasteiger partial charge on any atom is -0.292 e. The number of sulfonamides is 1. The van der Waals surface area contributed by atoms with E-state index in [1.165, 1.54) is 19.2 Å². The first-order valence-corrected chi connectivity index (χ1v) is 9.65. The molecule has 10 heteroatoms. The van der Waals surface area contributed by atoms with Crippen molar-refractivity contribution >= 4 is 37.4 Å². The summed E-state index contributed by atoms with van der Waals surface area (Å²) in [6.45, 7) is 1.52. The maximum absolute atomic E-state index is 13.1. The van der Waals surface area contributed by atoms with Crippen LogP contribution in [0.2, 0.25) is 0 Å². The summed E-state index contributed by atoms with van der Waals surface area (Å²) in [5, 5.41) is 0. The molecular formula is C16H12BrF3N2O3S. The quantitative estimate of drug-likeness (QED) is 0.695. The van der Waals surface area contributed by atoms with Crippen molar-refractivity contribution in [2.24, 2.45) is 0 Å². The summed E-state index contributed by atoms with van der Waals surface area (Å²) in [4.78, 5) is 15.6. The van der Waals surface area contributed by atoms with Crippen molar-refractivity contribution in [1.29, 1.82) is 0 Å². The van der Waals surface area contributed by atoms with Crippen molar-refractivity contribution in [3.8, 4) is 0 Å². The second kappa shape index (κ2) is 6.34. The van der Waals surface area contributed by atoms with Gasteiger partial charge in [-0.15, -0.1) is 0 Å². The number of carbonyl (C=O) groups excluding carboxylic acids is 1. The van der Waals surface area contributed by atoms with Gasteiger partial charge in [0.1, 0.15) is 5.69 Å². The van der Waals surface area contributed by atoms with E-state index in [9.17, 15) is 26.4 Å². The van der Waals surface area contributed by atoms with Gasteiger partial charge in [-0.1, -0.05) is 6.07 Å². The van der Waals surface area contributed by atoms with Gasteiger partial charge < -0.3 is 0 Å². The van der Waals surface area contributed by atoms with Gasteiger partial charge in [-0.2, -0.15) is 13.2 Å². The van der Waals surface area contributed by atoms with Crippen LogP contribution in [0, 0.1) is 0 Å². The second-order valence-corrected chi connectivity index (χ2v) is 8.55. The monoisotopic (exact) mass is 448 g/mol. The molecule has 1 aliphatic rings. The first kappa shape index (κ1) is 18.8. The third-order valence-corrected chi connectivity index (χ3v) is 6.29. The van der Waals surface area contributed by atoms with E-state index in [1.54, 1.807) is 0 Å². The van der Waals surface area contributed by atoms with Crippen LogP contribution in [0.15, 0.2) is 45.9 Å². The Morgan fingerprint density at radius 1 is 1.27 bits per heavy atom. The van der Waals surface area contributed by atoms with Crippen LogP contribution in [-0.4, -0.2) is 25.2 Å². The summed E-state index contributed by atoms with van der Waals surface area (Å²) >= 11 is 3.17. The van der Waals surface area contributed by atoms with Gasteiger partial charge in [0.25, 0.3) is 10.0 Å². The minimum atomic E-state index is -4.67. The molecule has 0 aliphatic carbocycles. The standard InChI is InChI=1S/C16H12BrF3N2O3S/c1-9-5-14(23)15-13(7-11(17)8-21-15)22(9)26(24,25)12-4-2-3-10(6-12)16(18,19)20/h2-4,6-9H,5H2,1H3. The number of anilines is 1. The fourth-order valence-electron chi connectivity index (χ4n) is 2.81. The minimum absolute atomic E-state index is 0.0261. The van der Waals surface area contributed by atoms with E-state index in [0.29, 0.717) is 10.5 Å². The number of ketones is 1. The predicted octanol–water partition coefficient (Wildman–Crippen LogP) is 4.03. The normalized spacial score (nSPS) is 18.0. The number of aromatic nitrogens is 1. The highest BCUT2D eigenvalue weighted by molar-refractivity contribution is 9.10. The Morgan fingerprint density at radius 2 is 1.96 bits per heavy atom. The molecule has 0 fully saturated rings. The van der Waals surface area contributed by atoms with Crippen LogP contribution in [0.25, 0.3) is 0 Å². The molecule has 5 nitrogen and oxygen atoms in total. The molecule has 1 unspecified atom stereocenters. The van der Waals surface area contributed by atoms with E-state index in [-0.39, 0.29) is 23.6 Å². The molecule has 0 saturated carbocycles. The highest BCUT2D eigenvalue weighted by Gasteiger charge is 2.39. The highest BCUT2D eigenvalue weighted by atomic mass is 79.9. The molecule has 26 heavy (non-hydrogen) atoms. The first-order chi connectivity index (χ1) is 12.0. The molecule has 1 aromatic carbocycles. The molecular weight excluding hydrogens is 437 g/mol. The zero-order valence-corrected chi connectivity index (χ0v) is 15.7. The summed E-state index contributed by atoms with van der Waals surface area (Å²) in [5.41, 5.74) is -1.05. The molecule has 1 atom stereocenters. The molecule has 1 aromatic heterocycles. The van der Waals surface area contributed by atoms with Crippen LogP contribution in [0.4, 0.5) is 18.9 Å². The van der Waals surface area contributed by atoms with Crippen LogP contribution in [-0.2, 0) is 16.2 Å². The van der Waals surface area contributed by atoms with Crippen LogP contribution >= 0.6 is 15.9 Å². The van der Waals surface area contributed by atoms with Gasteiger partial charge >= 0.3 is 6.18 Å². The number of fused-ring (bicyclic) bond motifs is 1. The van der Waals surface area contributed by atoms with Crippen molar-refractivity contribution in [2.75, 3.05) is 4.31 Å². The van der Waals surface area contributed by atoms with Crippen LogP contribution in [0.5, 0.6) is 0 Å². The molecule has 1 aliphatic heterocycles. The Hall–Kier alpha value is -1.94. The van der Waals surface area contributed by atoms with Gasteiger partial charge in [-0.05, 0) is 47.1 Å². The second-order valence-electron chi connectivity index (χ2n) is 5.82. The zero-order chi connectivity index (χ0) is 19.3. The lowest BCUT2D eigenvalue weighted by Crippen LogP contribution is -2.44. The number of carbonyl (C=O) groups is 1. The molecule has 0 N–H and O–H groups in total. The molecule has 0 bridgehead atoms. The van der Waals surface area contributed by atoms with Crippen LogP contribution < -0.4 is 4.31 Å². The van der Waals surface area contributed by atoms with Gasteiger partial charge in [-0.3, -0.25) is 9.10 Å². The van der Waals surface area contributed by atoms with Crippen molar-refractivity contribution in [1.82, 2.24) is 4.98 Å². The predicted molar refractivity (Wildman–Crippen MR) is 91.5 cm³/mol. The largest absolute Gasteiger partial charge is 0.416 e. The Labute approximate surface area is 156 Å². The van der Waals surface area contributed by atoms with Gasteiger partial charge in [0.05, 0.1) is 22.2 Å². The lowest BCUT2D eigenvalue weighted by atomic mass is 10.0. The molecule has 0 radical (unpaired) electrons. The smallest absolute Gasteiger partial charge is 0.292 e. The summed E-state index contributed by atoms with van der Waals surface area (Å²) < 4.78 is 66.4. The topological polar surface area (TPSA) is 67.3 Å². The van der Waals surface area contributed by atoms with Gasteiger partial charge in [0.15, 0.2) is 5.78 Å². The first-order valence-electron chi connectivity index (χ1n) is 7.42. The van der Waals surface area contributed by atoms with Crippen molar-refractivity contribution in [3.05, 3.63) is 52.3 Å². The van der Waals surface area contributed by atoms with Gasteiger partial charge in [0.2, 0.25) is 0 Å². The summed E-state index contributed by atoms with van der Waals surface area (Å²) in [7, 11) is -4.33. The number of nitrogens with zero attached hydrogens (tertiary/aromatic N) is 2.